The second-order valence-corrected chi connectivity index (χ2v) is 10.5. The molecule has 0 radical (unpaired) electrons. The molecule has 0 saturated carbocycles. The number of nitriles is 1. The smallest absolute Gasteiger partial charge is 0.395 e. The minimum Gasteiger partial charge on any atom is -0.395 e. The Morgan fingerprint density at radius 1 is 1.08 bits per heavy atom. The van der Waals surface area contributed by atoms with Crippen molar-refractivity contribution in [2.24, 2.45) is 5.92 Å². The zero-order valence-corrected chi connectivity index (χ0v) is 22.0. The summed E-state index contributed by atoms with van der Waals surface area (Å²) in [5.41, 5.74) is 5.32. The molecule has 1 atom stereocenters. The molecule has 0 aliphatic carbocycles. The van der Waals surface area contributed by atoms with E-state index in [-0.39, 0.29) is 25.5 Å². The molecule has 0 aromatic heterocycles. The van der Waals surface area contributed by atoms with E-state index < -0.39 is 25.4 Å². The van der Waals surface area contributed by atoms with Crippen LogP contribution in [0.1, 0.15) is 45.5 Å². The van der Waals surface area contributed by atoms with Crippen molar-refractivity contribution in [1.29, 1.82) is 5.26 Å². The zero-order chi connectivity index (χ0) is 27.4. The highest BCUT2D eigenvalue weighted by Gasteiger charge is 2.37. The molecule has 4 rings (SSSR count). The number of alkyl halides is 3. The summed E-state index contributed by atoms with van der Waals surface area (Å²) in [5, 5.41) is 19.1. The van der Waals surface area contributed by atoms with E-state index in [1.54, 1.807) is 4.90 Å². The second-order valence-electron chi connectivity index (χ2n) is 10.5. The third-order valence-corrected chi connectivity index (χ3v) is 7.89. The highest BCUT2D eigenvalue weighted by Crippen LogP contribution is 2.30. The number of carbonyl (C=O) groups is 1. The fraction of sp³-hybridized carbons (Fsp3) is 0.517. The Labute approximate surface area is 222 Å². The van der Waals surface area contributed by atoms with Gasteiger partial charge in [-0.15, -0.1) is 0 Å². The average Bonchev–Trinajstić information content (AvgIpc) is 2.89. The van der Waals surface area contributed by atoms with E-state index in [9.17, 15) is 28.3 Å². The maximum absolute atomic E-state index is 13.5. The fourth-order valence-corrected chi connectivity index (χ4v) is 5.74. The van der Waals surface area contributed by atoms with E-state index in [0.29, 0.717) is 17.0 Å². The molecule has 38 heavy (non-hydrogen) atoms. The fourth-order valence-electron chi connectivity index (χ4n) is 5.74. The number of aryl methyl sites for hydroxylation is 2. The normalized spacial score (nSPS) is 19.4. The van der Waals surface area contributed by atoms with Gasteiger partial charge >= 0.3 is 6.18 Å². The topological polar surface area (TPSA) is 70.8 Å². The number of piperidine rings is 1. The monoisotopic (exact) mass is 528 g/mol. The van der Waals surface area contributed by atoms with Gasteiger partial charge < -0.3 is 14.9 Å². The first-order valence-corrected chi connectivity index (χ1v) is 13.1. The first-order valence-electron chi connectivity index (χ1n) is 13.1. The lowest BCUT2D eigenvalue weighted by Gasteiger charge is -2.41. The third-order valence-electron chi connectivity index (χ3n) is 7.89. The van der Waals surface area contributed by atoms with Crippen LogP contribution in [-0.2, 0) is 6.42 Å². The standard InChI is InChI=1S/C29H35F3N4O2/c1-20-13-21(2)26(28(38)35-11-12-36(19-29(30,31)32)25(17-35)18-37)15-24(20)14-22-7-9-34(10-8-22)27-6-4-3-5-23(27)16-33/h3-6,13,15,22,25,37H,7-12,14,17-19H2,1-2H3/t25-/m1/s1. The molecule has 1 N–H and O–H groups in total. The average molecular weight is 529 g/mol. The number of nitrogens with zero attached hydrogens (tertiary/aromatic N) is 4. The number of anilines is 1. The van der Waals surface area contributed by atoms with Crippen molar-refractivity contribution < 1.29 is 23.1 Å². The zero-order valence-electron chi connectivity index (χ0n) is 22.0. The predicted octanol–water partition coefficient (Wildman–Crippen LogP) is 4.32. The highest BCUT2D eigenvalue weighted by atomic mass is 19.4. The van der Waals surface area contributed by atoms with Crippen molar-refractivity contribution in [1.82, 2.24) is 9.80 Å². The molecule has 1 amide bonds. The predicted molar refractivity (Wildman–Crippen MR) is 140 cm³/mol. The van der Waals surface area contributed by atoms with Crippen LogP contribution in [-0.4, -0.2) is 78.9 Å². The second kappa shape index (κ2) is 11.7. The van der Waals surface area contributed by atoms with Crippen LogP contribution in [0, 0.1) is 31.1 Å². The first-order chi connectivity index (χ1) is 18.1. The summed E-state index contributed by atoms with van der Waals surface area (Å²) in [6.45, 7) is 4.47. The van der Waals surface area contributed by atoms with Gasteiger partial charge in [-0.3, -0.25) is 9.69 Å². The van der Waals surface area contributed by atoms with Crippen LogP contribution < -0.4 is 4.90 Å². The molecule has 0 bridgehead atoms. The molecule has 0 unspecified atom stereocenters. The van der Waals surface area contributed by atoms with E-state index in [1.807, 2.05) is 50.2 Å². The summed E-state index contributed by atoms with van der Waals surface area (Å²) in [5.74, 6) is 0.256. The van der Waals surface area contributed by atoms with E-state index >= 15 is 0 Å². The molecule has 2 fully saturated rings. The van der Waals surface area contributed by atoms with Crippen molar-refractivity contribution in [2.75, 3.05) is 50.8 Å². The number of hydrogen-bond acceptors (Lipinski definition) is 5. The van der Waals surface area contributed by atoms with Gasteiger partial charge in [-0.25, -0.2) is 0 Å². The van der Waals surface area contributed by atoms with Crippen molar-refractivity contribution in [3.05, 3.63) is 64.2 Å². The number of piperazine rings is 1. The van der Waals surface area contributed by atoms with Gasteiger partial charge in [-0.1, -0.05) is 18.2 Å². The van der Waals surface area contributed by atoms with Crippen LogP contribution in [0.3, 0.4) is 0 Å². The molecular weight excluding hydrogens is 493 g/mol. The Balaban J connectivity index is 1.42. The van der Waals surface area contributed by atoms with Crippen LogP contribution in [0.5, 0.6) is 0 Å². The molecule has 0 spiro atoms. The van der Waals surface area contributed by atoms with Gasteiger partial charge in [0.25, 0.3) is 5.91 Å². The summed E-state index contributed by atoms with van der Waals surface area (Å²) >= 11 is 0. The summed E-state index contributed by atoms with van der Waals surface area (Å²) in [4.78, 5) is 18.5. The quantitative estimate of drug-likeness (QED) is 0.605. The van der Waals surface area contributed by atoms with Gasteiger partial charge in [-0.2, -0.15) is 18.4 Å². The number of aliphatic hydroxyl groups excluding tert-OH is 1. The van der Waals surface area contributed by atoms with Crippen LogP contribution >= 0.6 is 0 Å². The number of amides is 1. The number of halogens is 3. The number of hydrogen-bond donors (Lipinski definition) is 1. The molecule has 2 heterocycles. The molecule has 6 nitrogen and oxygen atoms in total. The van der Waals surface area contributed by atoms with Crippen LogP contribution in [0.15, 0.2) is 36.4 Å². The van der Waals surface area contributed by atoms with E-state index in [0.717, 1.165) is 54.7 Å². The Morgan fingerprint density at radius 3 is 2.45 bits per heavy atom. The molecule has 9 heteroatoms. The number of rotatable bonds is 6. The Kier molecular flexibility index (Phi) is 8.64. The minimum absolute atomic E-state index is 0.0662. The number of para-hydroxylation sites is 1. The van der Waals surface area contributed by atoms with E-state index in [2.05, 4.69) is 11.0 Å². The maximum Gasteiger partial charge on any atom is 0.401 e. The summed E-state index contributed by atoms with van der Waals surface area (Å²) in [6.07, 6.45) is -1.54. The number of benzene rings is 2. The van der Waals surface area contributed by atoms with Crippen molar-refractivity contribution in [3.8, 4) is 6.07 Å². The van der Waals surface area contributed by atoms with Crippen molar-refractivity contribution >= 4 is 11.6 Å². The SMILES string of the molecule is Cc1cc(C)c(C(=O)N2CCN(CC(F)(F)F)[C@@H](CO)C2)cc1CC1CCN(c2ccccc2C#N)CC1. The summed E-state index contributed by atoms with van der Waals surface area (Å²) in [6, 6.07) is 13.2. The third kappa shape index (κ3) is 6.48. The molecule has 2 aromatic carbocycles. The van der Waals surface area contributed by atoms with Crippen LogP contribution in [0.4, 0.5) is 18.9 Å². The Hall–Kier alpha value is -3.09. The lowest BCUT2D eigenvalue weighted by Crippen LogP contribution is -2.58. The van der Waals surface area contributed by atoms with E-state index in [4.69, 9.17) is 0 Å². The summed E-state index contributed by atoms with van der Waals surface area (Å²) < 4.78 is 38.8. The van der Waals surface area contributed by atoms with Crippen LogP contribution in [0.25, 0.3) is 0 Å². The van der Waals surface area contributed by atoms with Gasteiger partial charge in [0.2, 0.25) is 0 Å². The van der Waals surface area contributed by atoms with Crippen LogP contribution in [0.2, 0.25) is 0 Å². The van der Waals surface area contributed by atoms with Crippen molar-refractivity contribution in [2.45, 2.75) is 45.3 Å². The van der Waals surface area contributed by atoms with Gasteiger partial charge in [-0.05, 0) is 73.9 Å². The lowest BCUT2D eigenvalue weighted by atomic mass is 9.86. The van der Waals surface area contributed by atoms with Gasteiger partial charge in [0.15, 0.2) is 0 Å². The maximum atomic E-state index is 13.5. The Morgan fingerprint density at radius 2 is 1.79 bits per heavy atom. The van der Waals surface area contributed by atoms with Gasteiger partial charge in [0.05, 0.1) is 30.4 Å². The largest absolute Gasteiger partial charge is 0.401 e. The lowest BCUT2D eigenvalue weighted by molar-refractivity contribution is -0.156. The van der Waals surface area contributed by atoms with Gasteiger partial charge in [0.1, 0.15) is 6.07 Å². The van der Waals surface area contributed by atoms with E-state index in [1.165, 1.54) is 4.90 Å². The molecule has 2 aliphatic rings. The molecule has 2 aromatic rings. The van der Waals surface area contributed by atoms with Crippen molar-refractivity contribution in [3.63, 3.8) is 0 Å². The number of carbonyl (C=O) groups excluding carboxylic acids is 1. The molecule has 2 aliphatic heterocycles. The summed E-state index contributed by atoms with van der Waals surface area (Å²) in [7, 11) is 0. The number of aliphatic hydroxyl groups is 1. The molecule has 204 valence electrons. The molecular formula is C29H35F3N4O2. The highest BCUT2D eigenvalue weighted by molar-refractivity contribution is 5.96. The molecule has 2 saturated heterocycles. The first kappa shape index (κ1) is 27.9. The minimum atomic E-state index is -4.35. The Bertz CT molecular complexity index is 1190. The van der Waals surface area contributed by atoms with Gasteiger partial charge in [0, 0.05) is 38.3 Å².